The molecule has 96 valence electrons. The summed E-state index contributed by atoms with van der Waals surface area (Å²) in [5.74, 6) is -3.41. The second kappa shape index (κ2) is 6.49. The Kier molecular flexibility index (Phi) is 5.28. The standard InChI is InChI=1S/C12H16F3NO/c1-8(2)7-17-4-3-16-9-5-10(13)12(15)11(14)6-9/h5-6,8,16H,3-4,7H2,1-2H3. The van der Waals surface area contributed by atoms with E-state index in [4.69, 9.17) is 4.74 Å². The summed E-state index contributed by atoms with van der Waals surface area (Å²) in [5.41, 5.74) is 0.203. The highest BCUT2D eigenvalue weighted by atomic mass is 19.2. The van der Waals surface area contributed by atoms with E-state index in [9.17, 15) is 13.2 Å². The molecule has 0 fully saturated rings. The Labute approximate surface area is 98.8 Å². The van der Waals surface area contributed by atoms with E-state index in [-0.39, 0.29) is 5.69 Å². The number of ether oxygens (including phenoxy) is 1. The number of anilines is 1. The maximum absolute atomic E-state index is 12.8. The van der Waals surface area contributed by atoms with Crippen LogP contribution in [0.5, 0.6) is 0 Å². The molecule has 0 bridgehead atoms. The summed E-state index contributed by atoms with van der Waals surface area (Å²) in [6.07, 6.45) is 0. The maximum Gasteiger partial charge on any atom is 0.194 e. The molecule has 1 rings (SSSR count). The van der Waals surface area contributed by atoms with Gasteiger partial charge in [0.1, 0.15) is 0 Å². The Balaban J connectivity index is 2.37. The van der Waals surface area contributed by atoms with E-state index in [1.807, 2.05) is 13.8 Å². The van der Waals surface area contributed by atoms with Crippen molar-refractivity contribution in [1.82, 2.24) is 0 Å². The van der Waals surface area contributed by atoms with E-state index in [2.05, 4.69) is 5.32 Å². The molecule has 5 heteroatoms. The minimum absolute atomic E-state index is 0.203. The molecule has 0 aliphatic carbocycles. The number of rotatable bonds is 6. The Morgan fingerprint density at radius 2 is 1.76 bits per heavy atom. The lowest BCUT2D eigenvalue weighted by Gasteiger charge is -2.09. The predicted octanol–water partition coefficient (Wildman–Crippen LogP) is 3.19. The van der Waals surface area contributed by atoms with E-state index >= 15 is 0 Å². The fourth-order valence-corrected chi connectivity index (χ4v) is 1.24. The molecule has 0 aliphatic rings. The number of hydrogen-bond acceptors (Lipinski definition) is 2. The van der Waals surface area contributed by atoms with E-state index in [1.54, 1.807) is 0 Å². The molecule has 0 saturated heterocycles. The molecule has 1 aromatic rings. The fourth-order valence-electron chi connectivity index (χ4n) is 1.24. The van der Waals surface area contributed by atoms with Gasteiger partial charge in [-0.05, 0) is 5.92 Å². The van der Waals surface area contributed by atoms with Crippen LogP contribution in [0.3, 0.4) is 0 Å². The molecule has 17 heavy (non-hydrogen) atoms. The monoisotopic (exact) mass is 247 g/mol. The van der Waals surface area contributed by atoms with E-state index < -0.39 is 17.5 Å². The molecule has 0 spiro atoms. The highest BCUT2D eigenvalue weighted by Crippen LogP contribution is 2.16. The van der Waals surface area contributed by atoms with Crippen molar-refractivity contribution in [3.63, 3.8) is 0 Å². The van der Waals surface area contributed by atoms with Crippen LogP contribution in [0.4, 0.5) is 18.9 Å². The zero-order valence-electron chi connectivity index (χ0n) is 9.90. The van der Waals surface area contributed by atoms with Crippen molar-refractivity contribution >= 4 is 5.69 Å². The van der Waals surface area contributed by atoms with Crippen LogP contribution in [0, 0.1) is 23.4 Å². The molecule has 2 nitrogen and oxygen atoms in total. The van der Waals surface area contributed by atoms with Crippen LogP contribution >= 0.6 is 0 Å². The molecule has 0 amide bonds. The summed E-state index contributed by atoms with van der Waals surface area (Å²) in [7, 11) is 0. The first-order valence-corrected chi connectivity index (χ1v) is 5.47. The van der Waals surface area contributed by atoms with Gasteiger partial charge >= 0.3 is 0 Å². The third-order valence-corrected chi connectivity index (χ3v) is 2.01. The highest BCUT2D eigenvalue weighted by Gasteiger charge is 2.09. The average Bonchev–Trinajstić information content (AvgIpc) is 2.25. The second-order valence-electron chi connectivity index (χ2n) is 4.15. The first-order chi connectivity index (χ1) is 8.00. The summed E-state index contributed by atoms with van der Waals surface area (Å²) in [4.78, 5) is 0. The van der Waals surface area contributed by atoms with Gasteiger partial charge < -0.3 is 10.1 Å². The van der Waals surface area contributed by atoms with Crippen LogP contribution in [-0.2, 0) is 4.74 Å². The van der Waals surface area contributed by atoms with Crippen LogP contribution in [0.25, 0.3) is 0 Å². The Hall–Kier alpha value is -1.23. The average molecular weight is 247 g/mol. The van der Waals surface area contributed by atoms with E-state index in [0.29, 0.717) is 25.7 Å². The lowest BCUT2D eigenvalue weighted by atomic mass is 10.2. The van der Waals surface area contributed by atoms with Gasteiger partial charge in [-0.1, -0.05) is 13.8 Å². The van der Waals surface area contributed by atoms with Crippen molar-refractivity contribution in [3.8, 4) is 0 Å². The van der Waals surface area contributed by atoms with E-state index in [1.165, 1.54) is 0 Å². The summed E-state index contributed by atoms with van der Waals surface area (Å²) in [6.45, 7) is 5.53. The van der Waals surface area contributed by atoms with Gasteiger partial charge in [-0.25, -0.2) is 13.2 Å². The highest BCUT2D eigenvalue weighted by molar-refractivity contribution is 5.44. The van der Waals surface area contributed by atoms with Crippen LogP contribution in [0.15, 0.2) is 12.1 Å². The molecular formula is C12H16F3NO. The van der Waals surface area contributed by atoms with Crippen molar-refractivity contribution < 1.29 is 17.9 Å². The molecular weight excluding hydrogens is 231 g/mol. The SMILES string of the molecule is CC(C)COCCNc1cc(F)c(F)c(F)c1. The third kappa shape index (κ3) is 4.65. The van der Waals surface area contributed by atoms with Gasteiger partial charge in [0.25, 0.3) is 0 Å². The molecule has 0 atom stereocenters. The summed E-state index contributed by atoms with van der Waals surface area (Å²) in [5, 5.41) is 2.76. The van der Waals surface area contributed by atoms with Gasteiger partial charge in [0.05, 0.1) is 6.61 Å². The summed E-state index contributed by atoms with van der Waals surface area (Å²) >= 11 is 0. The first-order valence-electron chi connectivity index (χ1n) is 5.47. The predicted molar refractivity (Wildman–Crippen MR) is 60.5 cm³/mol. The Morgan fingerprint density at radius 1 is 1.18 bits per heavy atom. The van der Waals surface area contributed by atoms with Crippen molar-refractivity contribution in [2.75, 3.05) is 25.1 Å². The first kappa shape index (κ1) is 13.8. The zero-order valence-corrected chi connectivity index (χ0v) is 9.90. The van der Waals surface area contributed by atoms with Crippen LogP contribution in [-0.4, -0.2) is 19.8 Å². The lowest BCUT2D eigenvalue weighted by molar-refractivity contribution is 0.118. The van der Waals surface area contributed by atoms with Gasteiger partial charge in [0.2, 0.25) is 0 Å². The lowest BCUT2D eigenvalue weighted by Crippen LogP contribution is -2.12. The van der Waals surface area contributed by atoms with Crippen molar-refractivity contribution in [1.29, 1.82) is 0 Å². The molecule has 0 unspecified atom stereocenters. The number of nitrogens with one attached hydrogen (secondary N) is 1. The fraction of sp³-hybridized carbons (Fsp3) is 0.500. The van der Waals surface area contributed by atoms with Gasteiger partial charge in [-0.3, -0.25) is 0 Å². The van der Waals surface area contributed by atoms with E-state index in [0.717, 1.165) is 12.1 Å². The molecule has 0 aromatic heterocycles. The van der Waals surface area contributed by atoms with Crippen molar-refractivity contribution in [2.45, 2.75) is 13.8 Å². The normalized spacial score (nSPS) is 10.9. The van der Waals surface area contributed by atoms with Gasteiger partial charge in [0.15, 0.2) is 17.5 Å². The quantitative estimate of drug-likeness (QED) is 0.615. The van der Waals surface area contributed by atoms with Gasteiger partial charge in [-0.2, -0.15) is 0 Å². The van der Waals surface area contributed by atoms with Gasteiger partial charge in [0, 0.05) is 31.0 Å². The van der Waals surface area contributed by atoms with Crippen LogP contribution in [0.2, 0.25) is 0 Å². The third-order valence-electron chi connectivity index (χ3n) is 2.01. The minimum atomic E-state index is -1.45. The molecule has 0 aliphatic heterocycles. The van der Waals surface area contributed by atoms with Gasteiger partial charge in [-0.15, -0.1) is 0 Å². The molecule has 0 saturated carbocycles. The number of hydrogen-bond donors (Lipinski definition) is 1. The van der Waals surface area contributed by atoms with Crippen LogP contribution < -0.4 is 5.32 Å². The molecule has 1 aromatic carbocycles. The Bertz CT molecular complexity index is 346. The van der Waals surface area contributed by atoms with Crippen LogP contribution in [0.1, 0.15) is 13.8 Å². The minimum Gasteiger partial charge on any atom is -0.383 e. The van der Waals surface area contributed by atoms with Crippen molar-refractivity contribution in [3.05, 3.63) is 29.6 Å². The summed E-state index contributed by atoms with van der Waals surface area (Å²) in [6, 6.07) is 1.84. The largest absolute Gasteiger partial charge is 0.383 e. The molecule has 0 heterocycles. The smallest absolute Gasteiger partial charge is 0.194 e. The molecule has 1 N–H and O–H groups in total. The zero-order chi connectivity index (χ0) is 12.8. The maximum atomic E-state index is 12.8. The topological polar surface area (TPSA) is 21.3 Å². The number of benzene rings is 1. The Morgan fingerprint density at radius 3 is 2.29 bits per heavy atom. The van der Waals surface area contributed by atoms with Crippen molar-refractivity contribution in [2.24, 2.45) is 5.92 Å². The molecule has 0 radical (unpaired) electrons. The number of halogens is 3. The second-order valence-corrected chi connectivity index (χ2v) is 4.15. The summed E-state index contributed by atoms with van der Waals surface area (Å²) < 4.78 is 43.6.